The molecule has 3 aromatic rings. The third kappa shape index (κ3) is 7.00. The molecule has 0 fully saturated rings. The molecule has 38 heavy (non-hydrogen) atoms. The van der Waals surface area contributed by atoms with Crippen molar-refractivity contribution in [2.24, 2.45) is 0 Å². The number of hydrogen-bond donors (Lipinski definition) is 1. The maximum atomic E-state index is 12.4. The van der Waals surface area contributed by atoms with Gasteiger partial charge in [0, 0.05) is 12.3 Å². The van der Waals surface area contributed by atoms with Crippen molar-refractivity contribution in [3.8, 4) is 17.2 Å². The molecule has 0 saturated heterocycles. The van der Waals surface area contributed by atoms with Crippen LogP contribution >= 0.6 is 0 Å². The number of rotatable bonds is 8. The van der Waals surface area contributed by atoms with Crippen molar-refractivity contribution in [2.45, 2.75) is 22.9 Å². The van der Waals surface area contributed by atoms with Crippen molar-refractivity contribution in [2.75, 3.05) is 38.7 Å². The Morgan fingerprint density at radius 2 is 1.58 bits per heavy atom. The zero-order valence-corrected chi connectivity index (χ0v) is 22.4. The van der Waals surface area contributed by atoms with Crippen molar-refractivity contribution in [3.63, 3.8) is 0 Å². The van der Waals surface area contributed by atoms with Crippen LogP contribution in [-0.2, 0) is 24.5 Å². The Balaban J connectivity index is 0.000000757. The summed E-state index contributed by atoms with van der Waals surface area (Å²) >= 11 is 0. The third-order valence-corrected chi connectivity index (χ3v) is 7.79. The van der Waals surface area contributed by atoms with E-state index in [0.29, 0.717) is 22.4 Å². The number of halogens is 3. The SMILES string of the molecule is CCS(=O)(=O)c1ccc(S(C)(=O)=O)c(Nc2ncnc3cc(OC)c(OC)c(OC)c23)c1.O=CC(F)(F)F. The van der Waals surface area contributed by atoms with Crippen molar-refractivity contribution in [3.05, 3.63) is 30.6 Å². The second kappa shape index (κ2) is 11.8. The van der Waals surface area contributed by atoms with Crippen molar-refractivity contribution >= 4 is 48.4 Å². The summed E-state index contributed by atoms with van der Waals surface area (Å²) < 4.78 is 97.0. The van der Waals surface area contributed by atoms with Crippen LogP contribution in [0.3, 0.4) is 0 Å². The summed E-state index contributed by atoms with van der Waals surface area (Å²) in [6, 6.07) is 5.42. The van der Waals surface area contributed by atoms with Crippen LogP contribution in [0.5, 0.6) is 17.2 Å². The Bertz CT molecular complexity index is 1540. The lowest BCUT2D eigenvalue weighted by atomic mass is 10.1. The molecule has 208 valence electrons. The smallest absolute Gasteiger partial charge is 0.446 e. The molecule has 3 rings (SSSR count). The predicted octanol–water partition coefficient (Wildman–Crippen LogP) is 3.34. The van der Waals surface area contributed by atoms with Gasteiger partial charge in [0.15, 0.2) is 31.2 Å². The number of ether oxygens (including phenoxy) is 3. The van der Waals surface area contributed by atoms with Crippen LogP contribution in [0, 0.1) is 0 Å². The van der Waals surface area contributed by atoms with E-state index in [1.165, 1.54) is 52.8 Å². The van der Waals surface area contributed by atoms with Crippen LogP contribution in [0.4, 0.5) is 24.7 Å². The van der Waals surface area contributed by atoms with E-state index in [9.17, 15) is 30.0 Å². The molecule has 0 aliphatic rings. The van der Waals surface area contributed by atoms with Gasteiger partial charge in [-0.2, -0.15) is 13.2 Å². The number of hydrogen-bond acceptors (Lipinski definition) is 11. The number of alkyl halides is 3. The standard InChI is InChI=1S/C20H23N3O7S2.C2HF3O/c1-6-32(26,27)12-7-8-16(31(5,24)25)13(9-12)23-20-17-14(21-11-22-20)10-15(28-2)18(29-3)19(17)30-4;3-2(4,5)1-6/h7-11H,6H2,1-5H3,(H,21,22,23);1H. The molecule has 0 saturated carbocycles. The van der Waals surface area contributed by atoms with Gasteiger partial charge < -0.3 is 19.5 Å². The number of fused-ring (bicyclic) bond motifs is 1. The molecule has 0 bridgehead atoms. The highest BCUT2D eigenvalue weighted by Crippen LogP contribution is 2.45. The molecule has 1 aromatic heterocycles. The Kier molecular flexibility index (Phi) is 9.50. The van der Waals surface area contributed by atoms with Gasteiger partial charge in [0.2, 0.25) is 12.0 Å². The molecule has 2 aromatic carbocycles. The van der Waals surface area contributed by atoms with Gasteiger partial charge in [-0.1, -0.05) is 6.92 Å². The van der Waals surface area contributed by atoms with Gasteiger partial charge >= 0.3 is 6.18 Å². The normalized spacial score (nSPS) is 11.8. The number of nitrogens with one attached hydrogen (secondary N) is 1. The van der Waals surface area contributed by atoms with Crippen molar-refractivity contribution in [1.29, 1.82) is 0 Å². The molecule has 0 aliphatic carbocycles. The van der Waals surface area contributed by atoms with Gasteiger partial charge in [-0.25, -0.2) is 26.8 Å². The van der Waals surface area contributed by atoms with Crippen LogP contribution in [0.2, 0.25) is 0 Å². The fourth-order valence-corrected chi connectivity index (χ4v) is 4.93. The summed E-state index contributed by atoms with van der Waals surface area (Å²) in [5.74, 6) is 1.01. The van der Waals surface area contributed by atoms with Crippen LogP contribution < -0.4 is 19.5 Å². The Hall–Kier alpha value is -3.66. The molecule has 16 heteroatoms. The molecule has 0 atom stereocenters. The van der Waals surface area contributed by atoms with Gasteiger partial charge in [-0.3, -0.25) is 4.79 Å². The van der Waals surface area contributed by atoms with E-state index in [4.69, 9.17) is 19.0 Å². The predicted molar refractivity (Wildman–Crippen MR) is 132 cm³/mol. The topological polar surface area (TPSA) is 151 Å². The zero-order chi connectivity index (χ0) is 28.9. The maximum absolute atomic E-state index is 12.4. The van der Waals surface area contributed by atoms with E-state index < -0.39 is 32.1 Å². The first kappa shape index (κ1) is 30.6. The summed E-state index contributed by atoms with van der Waals surface area (Å²) in [7, 11) is -2.91. The Labute approximate surface area is 216 Å². The average Bonchev–Trinajstić information content (AvgIpc) is 2.86. The number of carbonyl (C=O) groups is 1. The van der Waals surface area contributed by atoms with Gasteiger partial charge in [-0.15, -0.1) is 0 Å². The average molecular weight is 580 g/mol. The van der Waals surface area contributed by atoms with E-state index in [1.807, 2.05) is 0 Å². The van der Waals surface area contributed by atoms with Crippen LogP contribution in [0.1, 0.15) is 6.92 Å². The number of benzene rings is 2. The van der Waals surface area contributed by atoms with Crippen LogP contribution in [-0.4, -0.2) is 72.6 Å². The number of sulfone groups is 2. The minimum atomic E-state index is -4.64. The lowest BCUT2D eigenvalue weighted by Gasteiger charge is -2.17. The Morgan fingerprint density at radius 1 is 0.974 bits per heavy atom. The van der Waals surface area contributed by atoms with E-state index in [1.54, 1.807) is 6.07 Å². The number of carbonyl (C=O) groups excluding carboxylic acids is 1. The molecule has 0 unspecified atom stereocenters. The Morgan fingerprint density at radius 3 is 2.05 bits per heavy atom. The van der Waals surface area contributed by atoms with Crippen molar-refractivity contribution < 1.29 is 49.0 Å². The zero-order valence-electron chi connectivity index (χ0n) is 20.8. The second-order valence-electron chi connectivity index (χ2n) is 7.38. The van der Waals surface area contributed by atoms with Crippen LogP contribution in [0.15, 0.2) is 40.4 Å². The summed E-state index contributed by atoms with van der Waals surface area (Å²) in [6.07, 6.45) is -3.39. The highest BCUT2D eigenvalue weighted by Gasteiger charge is 2.25. The minimum absolute atomic E-state index is 0.0144. The molecule has 11 nitrogen and oxygen atoms in total. The first-order valence-corrected chi connectivity index (χ1v) is 14.0. The number of nitrogens with zero attached hydrogens (tertiary/aromatic N) is 2. The molecule has 1 N–H and O–H groups in total. The molecule has 0 spiro atoms. The van der Waals surface area contributed by atoms with Gasteiger partial charge in [0.05, 0.1) is 53.5 Å². The van der Waals surface area contributed by atoms with E-state index >= 15 is 0 Å². The fourth-order valence-electron chi connectivity index (χ4n) is 3.20. The molecule has 1 heterocycles. The second-order valence-corrected chi connectivity index (χ2v) is 11.6. The maximum Gasteiger partial charge on any atom is 0.446 e. The number of anilines is 2. The third-order valence-electron chi connectivity index (χ3n) is 4.91. The van der Waals surface area contributed by atoms with Crippen molar-refractivity contribution in [1.82, 2.24) is 9.97 Å². The summed E-state index contributed by atoms with van der Waals surface area (Å²) in [5.41, 5.74) is 0.495. The van der Waals surface area contributed by atoms with E-state index in [0.717, 1.165) is 6.26 Å². The lowest BCUT2D eigenvalue weighted by Crippen LogP contribution is -2.09. The minimum Gasteiger partial charge on any atom is -0.493 e. The monoisotopic (exact) mass is 579 g/mol. The molecule has 0 radical (unpaired) electrons. The van der Waals surface area contributed by atoms with Gasteiger partial charge in [0.25, 0.3) is 0 Å². The highest BCUT2D eigenvalue weighted by molar-refractivity contribution is 7.91. The first-order chi connectivity index (χ1) is 17.6. The highest BCUT2D eigenvalue weighted by atomic mass is 32.2. The number of aldehydes is 1. The molecular formula is C22H24F3N3O8S2. The van der Waals surface area contributed by atoms with Gasteiger partial charge in [0.1, 0.15) is 12.1 Å². The fraction of sp³-hybridized carbons (Fsp3) is 0.318. The van der Waals surface area contributed by atoms with Gasteiger partial charge in [-0.05, 0) is 18.2 Å². The lowest BCUT2D eigenvalue weighted by molar-refractivity contribution is -0.156. The van der Waals surface area contributed by atoms with E-state index in [-0.39, 0.29) is 32.8 Å². The summed E-state index contributed by atoms with van der Waals surface area (Å²) in [5, 5.41) is 3.35. The summed E-state index contributed by atoms with van der Waals surface area (Å²) in [6.45, 7) is 1.51. The van der Waals surface area contributed by atoms with Crippen LogP contribution in [0.25, 0.3) is 10.9 Å². The number of aromatic nitrogens is 2. The molecular weight excluding hydrogens is 555 g/mol. The molecule has 0 amide bonds. The number of methoxy groups -OCH3 is 3. The largest absolute Gasteiger partial charge is 0.493 e. The van der Waals surface area contributed by atoms with E-state index in [2.05, 4.69) is 15.3 Å². The quantitative estimate of drug-likeness (QED) is 0.391. The summed E-state index contributed by atoms with van der Waals surface area (Å²) in [4.78, 5) is 17.1. The molecule has 0 aliphatic heterocycles. The first-order valence-electron chi connectivity index (χ1n) is 10.4.